The number of nitrogens with two attached hydrogens (primary N) is 1. The van der Waals surface area contributed by atoms with Gasteiger partial charge in [0.2, 0.25) is 5.91 Å². The Kier molecular flexibility index (Phi) is 9.66. The first-order chi connectivity index (χ1) is 8.63. The Bertz CT molecular complexity index is 397. The third-order valence-electron chi connectivity index (χ3n) is 2.81. The summed E-state index contributed by atoms with van der Waals surface area (Å²) in [5, 5.41) is 3.53. The Balaban J connectivity index is 0.00000324. The number of hydrogen-bond donors (Lipinski definition) is 2. The molecule has 0 spiro atoms. The van der Waals surface area contributed by atoms with E-state index in [1.165, 1.54) is 0 Å². The van der Waals surface area contributed by atoms with Crippen LogP contribution in [0.15, 0.2) is 18.2 Å². The van der Waals surface area contributed by atoms with E-state index in [1.807, 2.05) is 19.1 Å². The number of carbonyl (C=O) groups is 1. The molecule has 3 nitrogen and oxygen atoms in total. The highest BCUT2D eigenvalue weighted by atomic mass is 35.5. The molecule has 0 fully saturated rings. The molecule has 0 aliphatic heterocycles. The molecule has 0 aromatic heterocycles. The molecule has 108 valence electrons. The molecule has 1 amide bonds. The fraction of sp³-hybridized carbons (Fsp3) is 0.500. The Morgan fingerprint density at radius 3 is 2.58 bits per heavy atom. The summed E-state index contributed by atoms with van der Waals surface area (Å²) in [6, 6.07) is 5.55. The van der Waals surface area contributed by atoms with E-state index in [4.69, 9.17) is 17.3 Å². The average Bonchev–Trinajstić information content (AvgIpc) is 2.34. The lowest BCUT2D eigenvalue weighted by Crippen LogP contribution is -2.11. The summed E-state index contributed by atoms with van der Waals surface area (Å²) in [4.78, 5) is 11.7. The number of amides is 1. The van der Waals surface area contributed by atoms with Crippen molar-refractivity contribution in [3.05, 3.63) is 28.8 Å². The third kappa shape index (κ3) is 7.41. The fourth-order valence-electron chi connectivity index (χ4n) is 1.68. The standard InChI is InChI=1S/C14H21ClN2O.ClH/c1-11-7-8-12(10-13(11)15)17-14(18)6-4-2-3-5-9-16;/h7-8,10H,2-6,9,16H2,1H3,(H,17,18);1H. The molecular weight excluding hydrogens is 283 g/mol. The minimum atomic E-state index is 0. The molecule has 5 heteroatoms. The molecule has 3 N–H and O–H groups in total. The zero-order valence-corrected chi connectivity index (χ0v) is 12.8. The predicted octanol–water partition coefficient (Wildman–Crippen LogP) is 3.92. The maximum Gasteiger partial charge on any atom is 0.224 e. The van der Waals surface area contributed by atoms with Crippen LogP contribution < -0.4 is 11.1 Å². The third-order valence-corrected chi connectivity index (χ3v) is 3.22. The second kappa shape index (κ2) is 10.1. The highest BCUT2D eigenvalue weighted by Gasteiger charge is 2.03. The Labute approximate surface area is 126 Å². The summed E-state index contributed by atoms with van der Waals surface area (Å²) in [5.74, 6) is 0.0441. The molecule has 1 aromatic carbocycles. The molecule has 0 aliphatic carbocycles. The summed E-state index contributed by atoms with van der Waals surface area (Å²) in [7, 11) is 0. The van der Waals surface area contributed by atoms with E-state index >= 15 is 0 Å². The minimum Gasteiger partial charge on any atom is -0.330 e. The number of nitrogens with one attached hydrogen (secondary N) is 1. The Morgan fingerprint density at radius 1 is 1.26 bits per heavy atom. The van der Waals surface area contributed by atoms with Crippen molar-refractivity contribution in [1.29, 1.82) is 0 Å². The van der Waals surface area contributed by atoms with Crippen LogP contribution in [-0.4, -0.2) is 12.5 Å². The molecule has 0 atom stereocenters. The summed E-state index contributed by atoms with van der Waals surface area (Å²) in [6.45, 7) is 2.67. The number of anilines is 1. The van der Waals surface area contributed by atoms with Gasteiger partial charge in [0.05, 0.1) is 0 Å². The number of aryl methyl sites for hydroxylation is 1. The van der Waals surface area contributed by atoms with Crippen molar-refractivity contribution in [2.75, 3.05) is 11.9 Å². The van der Waals surface area contributed by atoms with Gasteiger partial charge in [-0.1, -0.05) is 30.5 Å². The molecule has 0 saturated heterocycles. The first-order valence-electron chi connectivity index (χ1n) is 6.39. The first-order valence-corrected chi connectivity index (χ1v) is 6.77. The van der Waals surface area contributed by atoms with Gasteiger partial charge in [-0.15, -0.1) is 12.4 Å². The number of rotatable bonds is 7. The van der Waals surface area contributed by atoms with E-state index in [0.29, 0.717) is 11.4 Å². The van der Waals surface area contributed by atoms with Crippen molar-refractivity contribution in [3.8, 4) is 0 Å². The normalized spacial score (nSPS) is 9.84. The fourth-order valence-corrected chi connectivity index (χ4v) is 1.86. The van der Waals surface area contributed by atoms with Crippen LogP contribution in [0.4, 0.5) is 5.69 Å². The maximum atomic E-state index is 11.7. The second-order valence-electron chi connectivity index (χ2n) is 4.47. The molecule has 0 bridgehead atoms. The SMILES string of the molecule is Cc1ccc(NC(=O)CCCCCCN)cc1Cl.Cl. The van der Waals surface area contributed by atoms with Crippen LogP contribution >= 0.6 is 24.0 Å². The van der Waals surface area contributed by atoms with Crippen LogP contribution in [0.5, 0.6) is 0 Å². The highest BCUT2D eigenvalue weighted by molar-refractivity contribution is 6.31. The van der Waals surface area contributed by atoms with Crippen molar-refractivity contribution >= 4 is 35.6 Å². The second-order valence-corrected chi connectivity index (χ2v) is 4.87. The van der Waals surface area contributed by atoms with Gasteiger partial charge in [0.25, 0.3) is 0 Å². The summed E-state index contributed by atoms with van der Waals surface area (Å²) >= 11 is 6.00. The number of unbranched alkanes of at least 4 members (excludes halogenated alkanes) is 3. The monoisotopic (exact) mass is 304 g/mol. The molecule has 0 radical (unpaired) electrons. The van der Waals surface area contributed by atoms with Crippen LogP contribution in [0.1, 0.15) is 37.7 Å². The predicted molar refractivity (Wildman–Crippen MR) is 84.2 cm³/mol. The van der Waals surface area contributed by atoms with Crippen molar-refractivity contribution in [3.63, 3.8) is 0 Å². The van der Waals surface area contributed by atoms with Crippen LogP contribution in [-0.2, 0) is 4.79 Å². The van der Waals surface area contributed by atoms with Crippen molar-refractivity contribution in [2.24, 2.45) is 5.73 Å². The summed E-state index contributed by atoms with van der Waals surface area (Å²) in [5.41, 5.74) is 7.18. The van der Waals surface area contributed by atoms with Gasteiger partial charge in [-0.05, 0) is 44.0 Å². The summed E-state index contributed by atoms with van der Waals surface area (Å²) in [6.07, 6.45) is 4.65. The molecule has 0 saturated carbocycles. The van der Waals surface area contributed by atoms with Crippen LogP contribution in [0, 0.1) is 6.92 Å². The van der Waals surface area contributed by atoms with Gasteiger partial charge < -0.3 is 11.1 Å². The molecule has 19 heavy (non-hydrogen) atoms. The van der Waals surface area contributed by atoms with E-state index in [9.17, 15) is 4.79 Å². The highest BCUT2D eigenvalue weighted by Crippen LogP contribution is 2.20. The number of carbonyl (C=O) groups excluding carboxylic acids is 1. The first kappa shape index (κ1) is 18.2. The van der Waals surface area contributed by atoms with Gasteiger partial charge in [0, 0.05) is 17.1 Å². The zero-order chi connectivity index (χ0) is 13.4. The lowest BCUT2D eigenvalue weighted by molar-refractivity contribution is -0.116. The Morgan fingerprint density at radius 2 is 1.95 bits per heavy atom. The average molecular weight is 305 g/mol. The lowest BCUT2D eigenvalue weighted by atomic mass is 10.1. The number of halogens is 2. The van der Waals surface area contributed by atoms with Gasteiger partial charge in [0.1, 0.15) is 0 Å². The van der Waals surface area contributed by atoms with Gasteiger partial charge >= 0.3 is 0 Å². The van der Waals surface area contributed by atoms with Gasteiger partial charge in [0.15, 0.2) is 0 Å². The van der Waals surface area contributed by atoms with E-state index in [0.717, 1.165) is 43.5 Å². The quantitative estimate of drug-likeness (QED) is 0.750. The van der Waals surface area contributed by atoms with E-state index in [2.05, 4.69) is 5.32 Å². The minimum absolute atomic E-state index is 0. The van der Waals surface area contributed by atoms with Gasteiger partial charge in [-0.25, -0.2) is 0 Å². The van der Waals surface area contributed by atoms with Crippen LogP contribution in [0.3, 0.4) is 0 Å². The van der Waals surface area contributed by atoms with Gasteiger partial charge in [-0.3, -0.25) is 4.79 Å². The van der Waals surface area contributed by atoms with Gasteiger partial charge in [-0.2, -0.15) is 0 Å². The molecular formula is C14H22Cl2N2O. The van der Waals surface area contributed by atoms with E-state index in [-0.39, 0.29) is 18.3 Å². The van der Waals surface area contributed by atoms with E-state index in [1.54, 1.807) is 6.07 Å². The smallest absolute Gasteiger partial charge is 0.224 e. The lowest BCUT2D eigenvalue weighted by Gasteiger charge is -2.06. The summed E-state index contributed by atoms with van der Waals surface area (Å²) < 4.78 is 0. The molecule has 0 unspecified atom stereocenters. The van der Waals surface area contributed by atoms with Crippen molar-refractivity contribution in [1.82, 2.24) is 0 Å². The zero-order valence-electron chi connectivity index (χ0n) is 11.2. The molecule has 1 aromatic rings. The van der Waals surface area contributed by atoms with Crippen molar-refractivity contribution in [2.45, 2.75) is 39.0 Å². The molecule has 1 rings (SSSR count). The molecule has 0 heterocycles. The maximum absolute atomic E-state index is 11.7. The largest absolute Gasteiger partial charge is 0.330 e. The topological polar surface area (TPSA) is 55.1 Å². The number of hydrogen-bond acceptors (Lipinski definition) is 2. The number of benzene rings is 1. The van der Waals surface area contributed by atoms with E-state index < -0.39 is 0 Å². The Hall–Kier alpha value is -0.770. The van der Waals surface area contributed by atoms with Crippen LogP contribution in [0.2, 0.25) is 5.02 Å². The van der Waals surface area contributed by atoms with Crippen molar-refractivity contribution < 1.29 is 4.79 Å². The van der Waals surface area contributed by atoms with Crippen LogP contribution in [0.25, 0.3) is 0 Å². The molecule has 0 aliphatic rings.